The van der Waals surface area contributed by atoms with Crippen LogP contribution >= 0.6 is 0 Å². The van der Waals surface area contributed by atoms with Crippen LogP contribution < -0.4 is 10.6 Å². The second-order valence-electron chi connectivity index (χ2n) is 4.26. The Kier molecular flexibility index (Phi) is 4.31. The Labute approximate surface area is 114 Å². The van der Waals surface area contributed by atoms with E-state index in [2.05, 4.69) is 10.1 Å². The molecule has 1 saturated heterocycles. The molecule has 0 amide bonds. The number of anilines is 1. The highest BCUT2D eigenvalue weighted by atomic mass is 16.6. The summed E-state index contributed by atoms with van der Waals surface area (Å²) < 4.78 is 5.35. The van der Waals surface area contributed by atoms with Crippen molar-refractivity contribution < 1.29 is 14.9 Å². The number of aromatic nitrogens is 1. The number of hydrogen-bond acceptors (Lipinski definition) is 7. The van der Waals surface area contributed by atoms with Crippen LogP contribution in [0.4, 0.5) is 11.5 Å². The fourth-order valence-corrected chi connectivity index (χ4v) is 2.00. The number of nitrogens with zero attached hydrogens (tertiary/aromatic N) is 4. The van der Waals surface area contributed by atoms with Gasteiger partial charge in [0.2, 0.25) is 0 Å². The van der Waals surface area contributed by atoms with E-state index >= 15 is 0 Å². The molecule has 0 spiro atoms. The minimum Gasteiger partial charge on any atom is -0.409 e. The Bertz CT molecular complexity index is 526. The summed E-state index contributed by atoms with van der Waals surface area (Å²) in [4.78, 5) is 16.2. The third kappa shape index (κ3) is 2.94. The van der Waals surface area contributed by atoms with Crippen LogP contribution in [0.1, 0.15) is 12.0 Å². The van der Waals surface area contributed by atoms with Crippen molar-refractivity contribution in [3.63, 3.8) is 0 Å². The second kappa shape index (κ2) is 6.15. The number of rotatable bonds is 3. The lowest BCUT2D eigenvalue weighted by Gasteiger charge is -2.22. The number of ether oxygens (including phenoxy) is 1. The molecule has 0 atom stereocenters. The number of amidine groups is 1. The van der Waals surface area contributed by atoms with Crippen molar-refractivity contribution in [1.82, 2.24) is 4.98 Å². The summed E-state index contributed by atoms with van der Waals surface area (Å²) in [7, 11) is 0. The summed E-state index contributed by atoms with van der Waals surface area (Å²) in [5.74, 6) is 0.248. The van der Waals surface area contributed by atoms with Crippen LogP contribution in [0, 0.1) is 10.1 Å². The number of nitro groups is 1. The van der Waals surface area contributed by atoms with Gasteiger partial charge in [0.1, 0.15) is 12.0 Å². The van der Waals surface area contributed by atoms with Crippen molar-refractivity contribution in [3.05, 3.63) is 27.9 Å². The van der Waals surface area contributed by atoms with E-state index in [4.69, 9.17) is 15.7 Å². The maximum absolute atomic E-state index is 10.8. The molecular formula is C11H15N5O4. The van der Waals surface area contributed by atoms with Gasteiger partial charge in [-0.25, -0.2) is 4.98 Å². The van der Waals surface area contributed by atoms with Gasteiger partial charge in [-0.2, -0.15) is 0 Å². The molecule has 1 aromatic rings. The summed E-state index contributed by atoms with van der Waals surface area (Å²) in [6, 6.07) is 1.25. The zero-order valence-corrected chi connectivity index (χ0v) is 10.7. The van der Waals surface area contributed by atoms with E-state index in [9.17, 15) is 10.1 Å². The van der Waals surface area contributed by atoms with E-state index in [-0.39, 0.29) is 17.1 Å². The van der Waals surface area contributed by atoms with Crippen LogP contribution in [0.15, 0.2) is 17.4 Å². The van der Waals surface area contributed by atoms with E-state index in [0.717, 1.165) is 12.6 Å². The SMILES string of the molecule is NC(=NO)c1cc([N+](=O)[O-])cnc1N1CCCOCC1. The second-order valence-corrected chi connectivity index (χ2v) is 4.26. The fraction of sp³-hybridized carbons (Fsp3) is 0.455. The van der Waals surface area contributed by atoms with Gasteiger partial charge in [0.05, 0.1) is 17.1 Å². The van der Waals surface area contributed by atoms with E-state index < -0.39 is 4.92 Å². The van der Waals surface area contributed by atoms with Gasteiger partial charge in [-0.05, 0) is 6.42 Å². The molecule has 1 aromatic heterocycles. The molecule has 108 valence electrons. The molecule has 0 bridgehead atoms. The minimum atomic E-state index is -0.573. The topological polar surface area (TPSA) is 127 Å². The molecule has 3 N–H and O–H groups in total. The van der Waals surface area contributed by atoms with Crippen LogP contribution in [0.25, 0.3) is 0 Å². The minimum absolute atomic E-state index is 0.207. The molecule has 0 unspecified atom stereocenters. The zero-order valence-electron chi connectivity index (χ0n) is 10.7. The van der Waals surface area contributed by atoms with Crippen LogP contribution in [-0.2, 0) is 4.74 Å². The largest absolute Gasteiger partial charge is 0.409 e. The van der Waals surface area contributed by atoms with Gasteiger partial charge in [-0.3, -0.25) is 10.1 Å². The molecule has 0 aliphatic carbocycles. The number of oxime groups is 1. The first-order valence-corrected chi connectivity index (χ1v) is 6.08. The van der Waals surface area contributed by atoms with Crippen molar-refractivity contribution in [2.24, 2.45) is 10.9 Å². The third-order valence-electron chi connectivity index (χ3n) is 2.97. The first-order chi connectivity index (χ1) is 9.63. The first kappa shape index (κ1) is 14.0. The average Bonchev–Trinajstić information content (AvgIpc) is 2.74. The molecule has 1 aliphatic heterocycles. The van der Waals surface area contributed by atoms with Gasteiger partial charge >= 0.3 is 0 Å². The molecule has 9 heteroatoms. The van der Waals surface area contributed by atoms with E-state index in [0.29, 0.717) is 32.1 Å². The van der Waals surface area contributed by atoms with Crippen molar-refractivity contribution in [2.45, 2.75) is 6.42 Å². The lowest BCUT2D eigenvalue weighted by molar-refractivity contribution is -0.385. The highest BCUT2D eigenvalue weighted by Crippen LogP contribution is 2.23. The lowest BCUT2D eigenvalue weighted by atomic mass is 10.2. The maximum atomic E-state index is 10.8. The third-order valence-corrected chi connectivity index (χ3v) is 2.97. The Morgan fingerprint density at radius 2 is 2.35 bits per heavy atom. The molecule has 0 saturated carbocycles. The van der Waals surface area contributed by atoms with Crippen LogP contribution in [0.3, 0.4) is 0 Å². The predicted molar refractivity (Wildman–Crippen MR) is 71.1 cm³/mol. The van der Waals surface area contributed by atoms with Crippen molar-refractivity contribution in [1.29, 1.82) is 0 Å². The molecule has 20 heavy (non-hydrogen) atoms. The molecular weight excluding hydrogens is 266 g/mol. The average molecular weight is 281 g/mol. The van der Waals surface area contributed by atoms with Gasteiger partial charge < -0.3 is 20.6 Å². The van der Waals surface area contributed by atoms with Gasteiger partial charge in [-0.15, -0.1) is 0 Å². The smallest absolute Gasteiger partial charge is 0.288 e. The molecule has 0 radical (unpaired) electrons. The molecule has 9 nitrogen and oxygen atoms in total. The normalized spacial score (nSPS) is 16.8. The predicted octanol–water partition coefficient (Wildman–Crippen LogP) is 0.311. The van der Waals surface area contributed by atoms with Crippen LogP contribution in [-0.4, -0.2) is 47.3 Å². The summed E-state index contributed by atoms with van der Waals surface area (Å²) in [5, 5.41) is 22.5. The fourth-order valence-electron chi connectivity index (χ4n) is 2.00. The lowest BCUT2D eigenvalue weighted by Crippen LogP contribution is -2.30. The van der Waals surface area contributed by atoms with Gasteiger partial charge in [-0.1, -0.05) is 5.16 Å². The quantitative estimate of drug-likeness (QED) is 0.268. The van der Waals surface area contributed by atoms with Crippen molar-refractivity contribution in [3.8, 4) is 0 Å². The van der Waals surface area contributed by atoms with Crippen LogP contribution in [0.2, 0.25) is 0 Å². The molecule has 2 rings (SSSR count). The van der Waals surface area contributed by atoms with Crippen molar-refractivity contribution >= 4 is 17.3 Å². The molecule has 0 aromatic carbocycles. The van der Waals surface area contributed by atoms with Gasteiger partial charge in [0.15, 0.2) is 5.84 Å². The maximum Gasteiger partial charge on any atom is 0.288 e. The molecule has 1 fully saturated rings. The van der Waals surface area contributed by atoms with Gasteiger partial charge in [0.25, 0.3) is 5.69 Å². The number of hydrogen-bond donors (Lipinski definition) is 2. The molecule has 2 heterocycles. The summed E-state index contributed by atoms with van der Waals surface area (Å²) >= 11 is 0. The number of pyridine rings is 1. The van der Waals surface area contributed by atoms with Crippen molar-refractivity contribution in [2.75, 3.05) is 31.2 Å². The Balaban J connectivity index is 2.42. The Morgan fingerprint density at radius 3 is 3.05 bits per heavy atom. The Hall–Kier alpha value is -2.42. The molecule has 1 aliphatic rings. The van der Waals surface area contributed by atoms with Crippen LogP contribution in [0.5, 0.6) is 0 Å². The highest BCUT2D eigenvalue weighted by Gasteiger charge is 2.20. The zero-order chi connectivity index (χ0) is 14.5. The standard InChI is InChI=1S/C11H15N5O4/c12-10(14-17)9-6-8(16(18)19)7-13-11(9)15-2-1-4-20-5-3-15/h6-7,17H,1-5H2,(H2,12,14). The Morgan fingerprint density at radius 1 is 1.55 bits per heavy atom. The van der Waals surface area contributed by atoms with E-state index in [1.165, 1.54) is 6.07 Å². The summed E-state index contributed by atoms with van der Waals surface area (Å²) in [6.45, 7) is 2.48. The summed E-state index contributed by atoms with van der Waals surface area (Å²) in [5.41, 5.74) is 5.62. The first-order valence-electron chi connectivity index (χ1n) is 6.08. The monoisotopic (exact) mass is 281 g/mol. The van der Waals surface area contributed by atoms with E-state index in [1.54, 1.807) is 0 Å². The van der Waals surface area contributed by atoms with E-state index in [1.807, 2.05) is 4.90 Å². The van der Waals surface area contributed by atoms with Gasteiger partial charge in [0, 0.05) is 25.8 Å². The summed E-state index contributed by atoms with van der Waals surface area (Å²) in [6.07, 6.45) is 1.98. The number of nitrogens with two attached hydrogens (primary N) is 1. The highest BCUT2D eigenvalue weighted by molar-refractivity contribution is 6.01.